The summed E-state index contributed by atoms with van der Waals surface area (Å²) in [6, 6.07) is 13.5. The van der Waals surface area contributed by atoms with Gasteiger partial charge in [-0.1, -0.05) is 38.1 Å². The fourth-order valence-electron chi connectivity index (χ4n) is 4.47. The SMILES string of the molecule is CC(C)[C@H]1Oc2ccccc2N(CC(=O)N(CCCN2CCOCC2)Cc2ccc(F)cc2)C1=O. The Bertz CT molecular complexity index is 1010. The van der Waals surface area contributed by atoms with Crippen molar-refractivity contribution in [2.45, 2.75) is 32.9 Å². The number of halogens is 1. The van der Waals surface area contributed by atoms with Gasteiger partial charge in [0.15, 0.2) is 6.10 Å². The molecule has 2 heterocycles. The number of nitrogens with zero attached hydrogens (tertiary/aromatic N) is 3. The molecule has 7 nitrogen and oxygen atoms in total. The fourth-order valence-corrected chi connectivity index (χ4v) is 4.47. The number of fused-ring (bicyclic) bond motifs is 1. The van der Waals surface area contributed by atoms with Gasteiger partial charge in [0, 0.05) is 32.7 Å². The standard InChI is InChI=1S/C27H34FN3O4/c1-20(2)26-27(33)31(23-6-3-4-7-24(23)35-26)19-25(32)30(18-21-8-10-22(28)11-9-21)13-5-12-29-14-16-34-17-15-29/h3-4,6-11,20,26H,5,12-19H2,1-2H3/t26-/m1/s1. The molecule has 35 heavy (non-hydrogen) atoms. The van der Waals surface area contributed by atoms with Crippen LogP contribution in [0.4, 0.5) is 10.1 Å². The van der Waals surface area contributed by atoms with Crippen LogP contribution in [0.5, 0.6) is 5.75 Å². The molecule has 0 N–H and O–H groups in total. The number of benzene rings is 2. The number of carbonyl (C=O) groups is 2. The number of para-hydroxylation sites is 2. The maximum Gasteiger partial charge on any atom is 0.268 e. The highest BCUT2D eigenvalue weighted by atomic mass is 19.1. The van der Waals surface area contributed by atoms with Crippen LogP contribution in [0, 0.1) is 11.7 Å². The predicted octanol–water partition coefficient (Wildman–Crippen LogP) is 3.33. The highest BCUT2D eigenvalue weighted by Gasteiger charge is 2.37. The van der Waals surface area contributed by atoms with Gasteiger partial charge in [-0.3, -0.25) is 19.4 Å². The molecule has 8 heteroatoms. The Kier molecular flexibility index (Phi) is 8.36. The minimum atomic E-state index is -0.635. The van der Waals surface area contributed by atoms with Gasteiger partial charge >= 0.3 is 0 Å². The van der Waals surface area contributed by atoms with Crippen LogP contribution in [-0.2, 0) is 20.9 Å². The van der Waals surface area contributed by atoms with Crippen molar-refractivity contribution in [3.05, 3.63) is 59.9 Å². The molecule has 1 fully saturated rings. The molecule has 2 amide bonds. The summed E-state index contributed by atoms with van der Waals surface area (Å²) in [4.78, 5) is 32.5. The van der Waals surface area contributed by atoms with Crippen molar-refractivity contribution in [3.63, 3.8) is 0 Å². The van der Waals surface area contributed by atoms with Crippen molar-refractivity contribution >= 4 is 17.5 Å². The zero-order chi connectivity index (χ0) is 24.8. The zero-order valence-corrected chi connectivity index (χ0v) is 20.5. The smallest absolute Gasteiger partial charge is 0.268 e. The first-order chi connectivity index (χ1) is 16.9. The Morgan fingerprint density at radius 2 is 1.83 bits per heavy atom. The van der Waals surface area contributed by atoms with E-state index in [9.17, 15) is 14.0 Å². The molecule has 1 saturated heterocycles. The van der Waals surface area contributed by atoms with Crippen molar-refractivity contribution in [3.8, 4) is 5.75 Å². The van der Waals surface area contributed by atoms with Crippen LogP contribution in [0.15, 0.2) is 48.5 Å². The third kappa shape index (κ3) is 6.38. The number of hydrogen-bond acceptors (Lipinski definition) is 5. The van der Waals surface area contributed by atoms with Crippen molar-refractivity contribution in [2.24, 2.45) is 5.92 Å². The Morgan fingerprint density at radius 1 is 1.11 bits per heavy atom. The number of hydrogen-bond donors (Lipinski definition) is 0. The molecule has 0 unspecified atom stereocenters. The van der Waals surface area contributed by atoms with E-state index >= 15 is 0 Å². The Morgan fingerprint density at radius 3 is 2.54 bits per heavy atom. The molecule has 0 spiro atoms. The second kappa shape index (κ2) is 11.6. The molecule has 1 atom stereocenters. The van der Waals surface area contributed by atoms with Gasteiger partial charge in [0.05, 0.1) is 18.9 Å². The van der Waals surface area contributed by atoms with E-state index in [-0.39, 0.29) is 30.1 Å². The van der Waals surface area contributed by atoms with Gasteiger partial charge in [-0.05, 0) is 42.2 Å². The molecule has 0 bridgehead atoms. The number of amides is 2. The molecule has 2 aromatic carbocycles. The van der Waals surface area contributed by atoms with Crippen LogP contribution >= 0.6 is 0 Å². The van der Waals surface area contributed by atoms with E-state index in [0.29, 0.717) is 24.5 Å². The lowest BCUT2D eigenvalue weighted by atomic mass is 10.0. The lowest BCUT2D eigenvalue weighted by Crippen LogP contribution is -2.52. The number of anilines is 1. The average molecular weight is 484 g/mol. The van der Waals surface area contributed by atoms with Gasteiger partial charge in [0.1, 0.15) is 18.1 Å². The maximum atomic E-state index is 13.6. The number of carbonyl (C=O) groups excluding carboxylic acids is 2. The largest absolute Gasteiger partial charge is 0.478 e. The minimum Gasteiger partial charge on any atom is -0.478 e. The first-order valence-electron chi connectivity index (χ1n) is 12.3. The first kappa shape index (κ1) is 25.1. The first-order valence-corrected chi connectivity index (χ1v) is 12.3. The second-order valence-electron chi connectivity index (χ2n) is 9.42. The number of morpholine rings is 1. The predicted molar refractivity (Wildman–Crippen MR) is 132 cm³/mol. The summed E-state index contributed by atoms with van der Waals surface area (Å²) in [6.45, 7) is 8.81. The third-order valence-electron chi connectivity index (χ3n) is 6.46. The topological polar surface area (TPSA) is 62.3 Å². The van der Waals surface area contributed by atoms with Gasteiger partial charge in [0.25, 0.3) is 5.91 Å². The summed E-state index contributed by atoms with van der Waals surface area (Å²) < 4.78 is 24.8. The summed E-state index contributed by atoms with van der Waals surface area (Å²) in [5, 5.41) is 0. The Balaban J connectivity index is 1.49. The van der Waals surface area contributed by atoms with Crippen LogP contribution < -0.4 is 9.64 Å². The molecule has 0 radical (unpaired) electrons. The molecule has 0 saturated carbocycles. The quantitative estimate of drug-likeness (QED) is 0.548. The van der Waals surface area contributed by atoms with Crippen molar-refractivity contribution in [1.82, 2.24) is 9.80 Å². The molecule has 2 aromatic rings. The van der Waals surface area contributed by atoms with E-state index in [1.165, 1.54) is 12.1 Å². The monoisotopic (exact) mass is 483 g/mol. The molecule has 4 rings (SSSR count). The van der Waals surface area contributed by atoms with Crippen LogP contribution in [0.2, 0.25) is 0 Å². The normalized spacial score (nSPS) is 18.3. The van der Waals surface area contributed by atoms with Crippen LogP contribution in [-0.4, -0.2) is 73.7 Å². The lowest BCUT2D eigenvalue weighted by molar-refractivity contribution is -0.134. The van der Waals surface area contributed by atoms with Gasteiger partial charge in [0.2, 0.25) is 5.91 Å². The van der Waals surface area contributed by atoms with Crippen LogP contribution in [0.3, 0.4) is 0 Å². The molecule has 188 valence electrons. The minimum absolute atomic E-state index is 0.0303. The summed E-state index contributed by atoms with van der Waals surface area (Å²) in [5.74, 6) is -0.0894. The van der Waals surface area contributed by atoms with E-state index in [4.69, 9.17) is 9.47 Å². The van der Waals surface area contributed by atoms with Crippen LogP contribution in [0.1, 0.15) is 25.8 Å². The van der Waals surface area contributed by atoms with Crippen molar-refractivity contribution in [1.29, 1.82) is 0 Å². The van der Waals surface area contributed by atoms with Gasteiger partial charge < -0.3 is 14.4 Å². The van der Waals surface area contributed by atoms with Gasteiger partial charge in [-0.2, -0.15) is 0 Å². The van der Waals surface area contributed by atoms with E-state index in [1.54, 1.807) is 28.0 Å². The number of ether oxygens (including phenoxy) is 2. The molecule has 0 aliphatic carbocycles. The fraction of sp³-hybridized carbons (Fsp3) is 0.481. The molecular formula is C27H34FN3O4. The van der Waals surface area contributed by atoms with Gasteiger partial charge in [-0.25, -0.2) is 4.39 Å². The molecule has 2 aliphatic rings. The summed E-state index contributed by atoms with van der Waals surface area (Å²) in [6.07, 6.45) is 0.166. The number of rotatable bonds is 9. The second-order valence-corrected chi connectivity index (χ2v) is 9.42. The van der Waals surface area contributed by atoms with Gasteiger partial charge in [-0.15, -0.1) is 0 Å². The maximum absolute atomic E-state index is 13.6. The highest BCUT2D eigenvalue weighted by molar-refractivity contribution is 6.04. The summed E-state index contributed by atoms with van der Waals surface area (Å²) in [7, 11) is 0. The highest BCUT2D eigenvalue weighted by Crippen LogP contribution is 2.35. The summed E-state index contributed by atoms with van der Waals surface area (Å²) >= 11 is 0. The van der Waals surface area contributed by atoms with E-state index < -0.39 is 6.10 Å². The summed E-state index contributed by atoms with van der Waals surface area (Å²) in [5.41, 5.74) is 1.46. The third-order valence-corrected chi connectivity index (χ3v) is 6.46. The van der Waals surface area contributed by atoms with Crippen molar-refractivity contribution < 1.29 is 23.5 Å². The average Bonchev–Trinajstić information content (AvgIpc) is 2.86. The molecule has 0 aromatic heterocycles. The van der Waals surface area contributed by atoms with Crippen LogP contribution in [0.25, 0.3) is 0 Å². The van der Waals surface area contributed by atoms with E-state index in [1.807, 2.05) is 32.0 Å². The van der Waals surface area contributed by atoms with Crippen molar-refractivity contribution in [2.75, 3.05) is 50.8 Å². The van der Waals surface area contributed by atoms with E-state index in [2.05, 4.69) is 4.90 Å². The lowest BCUT2D eigenvalue weighted by Gasteiger charge is -2.36. The Hall–Kier alpha value is -2.97. The Labute approximate surface area is 206 Å². The molecular weight excluding hydrogens is 449 g/mol. The van der Waals surface area contributed by atoms with E-state index in [0.717, 1.165) is 44.8 Å². The zero-order valence-electron chi connectivity index (χ0n) is 20.5. The molecule has 2 aliphatic heterocycles.